The first kappa shape index (κ1) is 26.9. The van der Waals surface area contributed by atoms with Crippen molar-refractivity contribution in [2.75, 3.05) is 42.3 Å². The highest BCUT2D eigenvalue weighted by atomic mass is 32.2. The third kappa shape index (κ3) is 3.87. The summed E-state index contributed by atoms with van der Waals surface area (Å²) in [5.41, 5.74) is 1.24. The minimum Gasteiger partial charge on any atom is -0.465 e. The van der Waals surface area contributed by atoms with E-state index in [4.69, 9.17) is 9.72 Å². The number of esters is 1. The fourth-order valence-electron chi connectivity index (χ4n) is 6.87. The average Bonchev–Trinajstić information content (AvgIpc) is 3.43. The minimum absolute atomic E-state index is 0.0672. The molecule has 0 radical (unpaired) electrons. The van der Waals surface area contributed by atoms with Gasteiger partial charge in [-0.05, 0) is 52.5 Å². The zero-order valence-electron chi connectivity index (χ0n) is 23.3. The van der Waals surface area contributed by atoms with Crippen LogP contribution in [-0.2, 0) is 24.8 Å². The number of fused-ring (bicyclic) bond motifs is 2. The van der Waals surface area contributed by atoms with Crippen LogP contribution in [0.5, 0.6) is 0 Å². The molecule has 2 saturated heterocycles. The number of hydrogen-bond donors (Lipinski definition) is 0. The van der Waals surface area contributed by atoms with Gasteiger partial charge in [-0.2, -0.15) is 5.10 Å². The maximum Gasteiger partial charge on any atom is 0.339 e. The molecule has 1 saturated carbocycles. The van der Waals surface area contributed by atoms with E-state index in [1.807, 2.05) is 11.8 Å². The lowest BCUT2D eigenvalue weighted by Crippen LogP contribution is -2.63. The van der Waals surface area contributed by atoms with Crippen molar-refractivity contribution in [2.45, 2.75) is 75.1 Å². The lowest BCUT2D eigenvalue weighted by molar-refractivity contribution is -0.136. The molecule has 3 atom stereocenters. The maximum atomic E-state index is 13.6. The number of aromatic nitrogens is 4. The number of carbonyl (C=O) groups excluding carboxylic acids is 2. The first-order chi connectivity index (χ1) is 19.0. The van der Waals surface area contributed by atoms with Gasteiger partial charge >= 0.3 is 5.97 Å². The van der Waals surface area contributed by atoms with E-state index in [0.717, 1.165) is 36.5 Å². The van der Waals surface area contributed by atoms with Crippen LogP contribution in [0.15, 0.2) is 18.6 Å². The van der Waals surface area contributed by atoms with Crippen LogP contribution in [0.3, 0.4) is 0 Å². The largest absolute Gasteiger partial charge is 0.465 e. The Bertz CT molecular complexity index is 1480. The third-order valence-corrected chi connectivity index (χ3v) is 12.0. The van der Waals surface area contributed by atoms with Gasteiger partial charge in [-0.25, -0.2) is 23.2 Å². The van der Waals surface area contributed by atoms with E-state index >= 15 is 0 Å². The Balaban J connectivity index is 1.33. The smallest absolute Gasteiger partial charge is 0.339 e. The normalized spacial score (nSPS) is 28.4. The molecule has 0 bridgehead atoms. The van der Waals surface area contributed by atoms with Crippen LogP contribution in [0.25, 0.3) is 0 Å². The van der Waals surface area contributed by atoms with Gasteiger partial charge in [-0.15, -0.1) is 5.10 Å². The number of sulfone groups is 1. The van der Waals surface area contributed by atoms with Crippen LogP contribution >= 0.6 is 0 Å². The summed E-state index contributed by atoms with van der Waals surface area (Å²) in [6, 6.07) is 1.40. The fraction of sp³-hybridized carbons (Fsp3) is 0.630. The second-order valence-corrected chi connectivity index (χ2v) is 14.4. The van der Waals surface area contributed by atoms with E-state index < -0.39 is 20.6 Å². The molecule has 3 fully saturated rings. The van der Waals surface area contributed by atoms with Crippen molar-refractivity contribution >= 4 is 39.2 Å². The second-order valence-electron chi connectivity index (χ2n) is 11.9. The van der Waals surface area contributed by atoms with Crippen molar-refractivity contribution in [2.24, 2.45) is 0 Å². The van der Waals surface area contributed by atoms with Gasteiger partial charge < -0.3 is 19.4 Å². The third-order valence-electron chi connectivity index (χ3n) is 9.43. The van der Waals surface area contributed by atoms with Crippen LogP contribution in [0, 0.1) is 0 Å². The van der Waals surface area contributed by atoms with Crippen molar-refractivity contribution in [1.29, 1.82) is 0 Å². The summed E-state index contributed by atoms with van der Waals surface area (Å²) in [7, 11) is -2.14. The van der Waals surface area contributed by atoms with Crippen molar-refractivity contribution in [1.82, 2.24) is 25.1 Å². The lowest BCUT2D eigenvalue weighted by atomic mass is 9.66. The molecule has 2 aromatic heterocycles. The van der Waals surface area contributed by atoms with E-state index in [1.54, 1.807) is 24.2 Å². The van der Waals surface area contributed by atoms with Gasteiger partial charge in [0.25, 0.3) is 0 Å². The Morgan fingerprint density at radius 2 is 1.80 bits per heavy atom. The number of piperazine rings is 1. The SMILES string of the molecule is COC(=O)c1cnnc(N2CC3(CCC3)c3c2ncnc3N2C[C@@H](C)N(C(=O)[C@]3(C)CCCS3(=O)=O)C[C@@H]2C)c1. The van der Waals surface area contributed by atoms with Crippen LogP contribution < -0.4 is 9.80 Å². The van der Waals surface area contributed by atoms with Crippen LogP contribution in [0.4, 0.5) is 17.5 Å². The summed E-state index contributed by atoms with van der Waals surface area (Å²) in [6.45, 7) is 7.21. The summed E-state index contributed by atoms with van der Waals surface area (Å²) in [5.74, 6) is 1.42. The van der Waals surface area contributed by atoms with Gasteiger partial charge in [0, 0.05) is 42.7 Å². The van der Waals surface area contributed by atoms with Crippen molar-refractivity contribution in [3.05, 3.63) is 29.7 Å². The Hall–Kier alpha value is -3.35. The molecule has 1 amide bonds. The molecule has 3 aliphatic heterocycles. The van der Waals surface area contributed by atoms with Gasteiger partial charge in [-0.1, -0.05) is 6.42 Å². The molecule has 40 heavy (non-hydrogen) atoms. The monoisotopic (exact) mass is 569 g/mol. The number of hydrogen-bond acceptors (Lipinski definition) is 11. The van der Waals surface area contributed by atoms with E-state index in [1.165, 1.54) is 13.3 Å². The van der Waals surface area contributed by atoms with Crippen molar-refractivity contribution in [3.63, 3.8) is 0 Å². The summed E-state index contributed by atoms with van der Waals surface area (Å²) >= 11 is 0. The molecule has 1 aliphatic carbocycles. The van der Waals surface area contributed by atoms with Gasteiger partial charge in [0.1, 0.15) is 22.7 Å². The van der Waals surface area contributed by atoms with Crippen LogP contribution in [0.2, 0.25) is 0 Å². The summed E-state index contributed by atoms with van der Waals surface area (Å²) in [4.78, 5) is 41.3. The highest BCUT2D eigenvalue weighted by Crippen LogP contribution is 2.56. The minimum atomic E-state index is -3.47. The van der Waals surface area contributed by atoms with Crippen molar-refractivity contribution in [3.8, 4) is 0 Å². The molecule has 2 aromatic rings. The molecule has 1 spiro atoms. The first-order valence-corrected chi connectivity index (χ1v) is 15.5. The zero-order chi connectivity index (χ0) is 28.4. The topological polar surface area (TPSA) is 139 Å². The number of nitrogens with zero attached hydrogens (tertiary/aromatic N) is 7. The van der Waals surface area contributed by atoms with Crippen molar-refractivity contribution < 1.29 is 22.7 Å². The molecular formula is C27H35N7O5S. The maximum absolute atomic E-state index is 13.6. The molecule has 0 N–H and O–H groups in total. The first-order valence-electron chi connectivity index (χ1n) is 13.9. The summed E-state index contributed by atoms with van der Waals surface area (Å²) in [5, 5.41) is 8.36. The number of carbonyl (C=O) groups is 2. The Morgan fingerprint density at radius 1 is 1.05 bits per heavy atom. The number of methoxy groups -OCH3 is 1. The Morgan fingerprint density at radius 3 is 2.45 bits per heavy atom. The zero-order valence-corrected chi connectivity index (χ0v) is 24.1. The van der Waals surface area contributed by atoms with Crippen LogP contribution in [-0.4, -0.2) is 94.7 Å². The second kappa shape index (κ2) is 9.35. The Kier molecular flexibility index (Phi) is 6.28. The number of anilines is 3. The van der Waals surface area contributed by atoms with Gasteiger partial charge in [0.2, 0.25) is 5.91 Å². The van der Waals surface area contributed by atoms with E-state index in [-0.39, 0.29) is 29.2 Å². The van der Waals surface area contributed by atoms with E-state index in [2.05, 4.69) is 27.0 Å². The predicted octanol–water partition coefficient (Wildman–Crippen LogP) is 2.02. The molecule has 13 heteroatoms. The average molecular weight is 570 g/mol. The molecule has 4 aliphatic rings. The molecule has 6 rings (SSSR count). The van der Waals surface area contributed by atoms with Gasteiger partial charge in [-0.3, -0.25) is 4.79 Å². The molecular weight excluding hydrogens is 534 g/mol. The molecule has 0 aromatic carbocycles. The highest BCUT2D eigenvalue weighted by Gasteiger charge is 2.54. The quantitative estimate of drug-likeness (QED) is 0.500. The summed E-state index contributed by atoms with van der Waals surface area (Å²) < 4.78 is 29.1. The van der Waals surface area contributed by atoms with E-state index in [9.17, 15) is 18.0 Å². The van der Waals surface area contributed by atoms with E-state index in [0.29, 0.717) is 43.9 Å². The standard InChI is InChI=1S/C27H35N7O5S/c1-17-14-33(25(36)26(3)7-6-10-40(26,37)38)18(2)13-32(17)22-21-23(29-16-28-22)34(15-27(21)8-5-9-27)20-11-19(12-30-31-20)24(35)39-4/h11-12,16-18H,5-10,13-15H2,1-4H3/t17-,18+,26-/m0/s1. The van der Waals surface area contributed by atoms with Crippen LogP contribution in [0.1, 0.15) is 68.8 Å². The lowest BCUT2D eigenvalue weighted by Gasteiger charge is -2.48. The molecule has 214 valence electrons. The molecule has 5 heterocycles. The number of amides is 1. The number of ether oxygens (including phenoxy) is 1. The number of rotatable bonds is 4. The summed E-state index contributed by atoms with van der Waals surface area (Å²) in [6.07, 6.45) is 6.89. The Labute approximate surface area is 234 Å². The highest BCUT2D eigenvalue weighted by molar-refractivity contribution is 7.93. The predicted molar refractivity (Wildman–Crippen MR) is 147 cm³/mol. The van der Waals surface area contributed by atoms with Gasteiger partial charge in [0.15, 0.2) is 15.7 Å². The fourth-order valence-corrected chi connectivity index (χ4v) is 8.68. The molecule has 12 nitrogen and oxygen atoms in total. The molecule has 0 unspecified atom stereocenters. The van der Waals surface area contributed by atoms with Gasteiger partial charge in [0.05, 0.1) is 24.6 Å².